The first-order chi connectivity index (χ1) is 9.71. The molecule has 120 valence electrons. The fraction of sp³-hybridized carbons (Fsp3) is 0.786. The Hall–Kier alpha value is -1.79. The van der Waals surface area contributed by atoms with Gasteiger partial charge in [-0.2, -0.15) is 0 Å². The van der Waals surface area contributed by atoms with Gasteiger partial charge in [0.2, 0.25) is 5.91 Å². The summed E-state index contributed by atoms with van der Waals surface area (Å²) in [5, 5.41) is 13.9. The summed E-state index contributed by atoms with van der Waals surface area (Å²) in [4.78, 5) is 36.5. The first kappa shape index (κ1) is 17.3. The van der Waals surface area contributed by atoms with Crippen LogP contribution < -0.4 is 10.6 Å². The molecule has 1 atom stereocenters. The Morgan fingerprint density at radius 1 is 1.14 bits per heavy atom. The highest BCUT2D eigenvalue weighted by molar-refractivity contribution is 5.86. The number of piperidine rings is 1. The second-order valence-corrected chi connectivity index (χ2v) is 6.41. The van der Waals surface area contributed by atoms with Crippen LogP contribution in [0.5, 0.6) is 0 Å². The molecule has 7 heteroatoms. The van der Waals surface area contributed by atoms with Crippen LogP contribution in [0.2, 0.25) is 0 Å². The number of carbonyl (C=O) groups excluding carboxylic acids is 2. The van der Waals surface area contributed by atoms with Gasteiger partial charge in [-0.1, -0.05) is 20.8 Å². The van der Waals surface area contributed by atoms with Gasteiger partial charge in [0, 0.05) is 13.1 Å². The van der Waals surface area contributed by atoms with Gasteiger partial charge in [0.15, 0.2) is 0 Å². The maximum Gasteiger partial charge on any atom is 0.326 e. The summed E-state index contributed by atoms with van der Waals surface area (Å²) in [5.41, 5.74) is -0.611. The number of hydrogen-bond donors (Lipinski definition) is 3. The van der Waals surface area contributed by atoms with Crippen LogP contribution in [0, 0.1) is 5.41 Å². The van der Waals surface area contributed by atoms with E-state index in [0.717, 1.165) is 32.4 Å². The molecular formula is C14H25N3O4. The lowest BCUT2D eigenvalue weighted by Gasteiger charge is -2.28. The Labute approximate surface area is 125 Å². The third-order valence-electron chi connectivity index (χ3n) is 3.50. The fourth-order valence-corrected chi connectivity index (χ4v) is 2.24. The van der Waals surface area contributed by atoms with E-state index >= 15 is 0 Å². The summed E-state index contributed by atoms with van der Waals surface area (Å²) in [6, 6.07) is -1.65. The van der Waals surface area contributed by atoms with Crippen molar-refractivity contribution in [1.82, 2.24) is 15.5 Å². The molecule has 3 N–H and O–H groups in total. The Balaban J connectivity index is 2.42. The molecule has 0 aromatic heterocycles. The van der Waals surface area contributed by atoms with E-state index in [9.17, 15) is 14.4 Å². The van der Waals surface area contributed by atoms with Crippen LogP contribution in [0.25, 0.3) is 0 Å². The molecule has 0 aromatic carbocycles. The minimum absolute atomic E-state index is 0.109. The number of aliphatic carboxylic acids is 1. The van der Waals surface area contributed by atoms with Gasteiger partial charge in [-0.15, -0.1) is 0 Å². The van der Waals surface area contributed by atoms with Crippen molar-refractivity contribution in [3.8, 4) is 0 Å². The number of carboxylic acid groups (broad SMARTS) is 1. The van der Waals surface area contributed by atoms with Crippen molar-refractivity contribution in [1.29, 1.82) is 0 Å². The number of carbonyl (C=O) groups is 3. The number of amides is 3. The van der Waals surface area contributed by atoms with E-state index in [1.54, 1.807) is 25.7 Å². The number of urea groups is 1. The Kier molecular flexibility index (Phi) is 5.99. The van der Waals surface area contributed by atoms with Crippen molar-refractivity contribution in [2.45, 2.75) is 46.1 Å². The summed E-state index contributed by atoms with van der Waals surface area (Å²) in [6.07, 6.45) is 3.11. The van der Waals surface area contributed by atoms with Gasteiger partial charge < -0.3 is 20.6 Å². The first-order valence-corrected chi connectivity index (χ1v) is 7.27. The number of hydrogen-bond acceptors (Lipinski definition) is 3. The maximum absolute atomic E-state index is 11.9. The SMILES string of the molecule is CC(C)(C)[C@@H](NC(=O)NCC(=O)N1CCCCC1)C(=O)O. The minimum Gasteiger partial charge on any atom is -0.480 e. The quantitative estimate of drug-likeness (QED) is 0.715. The first-order valence-electron chi connectivity index (χ1n) is 7.27. The van der Waals surface area contributed by atoms with Crippen molar-refractivity contribution in [3.05, 3.63) is 0 Å². The van der Waals surface area contributed by atoms with E-state index in [1.165, 1.54) is 0 Å². The third-order valence-corrected chi connectivity index (χ3v) is 3.50. The normalized spacial score (nSPS) is 17.0. The molecule has 1 saturated heterocycles. The van der Waals surface area contributed by atoms with Crippen molar-refractivity contribution in [2.75, 3.05) is 19.6 Å². The second kappa shape index (κ2) is 7.28. The van der Waals surface area contributed by atoms with Crippen molar-refractivity contribution in [2.24, 2.45) is 5.41 Å². The molecule has 1 rings (SSSR count). The largest absolute Gasteiger partial charge is 0.480 e. The van der Waals surface area contributed by atoms with Gasteiger partial charge in [0.1, 0.15) is 6.04 Å². The van der Waals surface area contributed by atoms with Crippen molar-refractivity contribution in [3.63, 3.8) is 0 Å². The molecule has 1 aliphatic rings. The smallest absolute Gasteiger partial charge is 0.326 e. The van der Waals surface area contributed by atoms with Gasteiger partial charge in [-0.25, -0.2) is 9.59 Å². The Bertz CT molecular complexity index is 398. The average Bonchev–Trinajstić information content (AvgIpc) is 2.41. The summed E-state index contributed by atoms with van der Waals surface area (Å²) in [7, 11) is 0. The van der Waals surface area contributed by atoms with Gasteiger partial charge in [0.25, 0.3) is 0 Å². The zero-order chi connectivity index (χ0) is 16.0. The van der Waals surface area contributed by atoms with Crippen LogP contribution in [0.4, 0.5) is 4.79 Å². The molecule has 0 bridgehead atoms. The molecular weight excluding hydrogens is 274 g/mol. The third kappa shape index (κ3) is 5.61. The van der Waals surface area contributed by atoms with E-state index in [0.29, 0.717) is 0 Å². The number of rotatable bonds is 4. The minimum atomic E-state index is -1.10. The van der Waals surface area contributed by atoms with E-state index in [-0.39, 0.29) is 12.5 Å². The number of likely N-dealkylation sites (tertiary alicyclic amines) is 1. The van der Waals surface area contributed by atoms with Crippen LogP contribution in [0.15, 0.2) is 0 Å². The lowest BCUT2D eigenvalue weighted by Crippen LogP contribution is -2.53. The van der Waals surface area contributed by atoms with Crippen molar-refractivity contribution >= 4 is 17.9 Å². The average molecular weight is 299 g/mol. The molecule has 0 unspecified atom stereocenters. The predicted octanol–water partition coefficient (Wildman–Crippen LogP) is 0.797. The standard InChI is InChI=1S/C14H25N3O4/c1-14(2,3)11(12(19)20)16-13(21)15-9-10(18)17-7-5-4-6-8-17/h11H,4-9H2,1-3H3,(H,19,20)(H2,15,16,21)/t11-/m0/s1. The highest BCUT2D eigenvalue weighted by Gasteiger charge is 2.32. The molecule has 3 amide bonds. The topological polar surface area (TPSA) is 98.7 Å². The van der Waals surface area contributed by atoms with E-state index in [2.05, 4.69) is 10.6 Å². The van der Waals surface area contributed by atoms with Crippen LogP contribution >= 0.6 is 0 Å². The molecule has 7 nitrogen and oxygen atoms in total. The van der Waals surface area contributed by atoms with Gasteiger partial charge in [0.05, 0.1) is 6.54 Å². The highest BCUT2D eigenvalue weighted by atomic mass is 16.4. The molecule has 0 aromatic rings. The summed E-state index contributed by atoms with van der Waals surface area (Å²) in [6.45, 7) is 6.52. The fourth-order valence-electron chi connectivity index (χ4n) is 2.24. The number of nitrogens with one attached hydrogen (secondary N) is 2. The molecule has 1 heterocycles. The molecule has 21 heavy (non-hydrogen) atoms. The predicted molar refractivity (Wildman–Crippen MR) is 77.8 cm³/mol. The lowest BCUT2D eigenvalue weighted by molar-refractivity contribution is -0.141. The van der Waals surface area contributed by atoms with E-state index in [1.807, 2.05) is 0 Å². The van der Waals surface area contributed by atoms with Gasteiger partial charge in [-0.3, -0.25) is 4.79 Å². The van der Waals surface area contributed by atoms with Crippen LogP contribution in [-0.4, -0.2) is 53.6 Å². The Morgan fingerprint density at radius 3 is 2.19 bits per heavy atom. The van der Waals surface area contributed by atoms with Crippen molar-refractivity contribution < 1.29 is 19.5 Å². The monoisotopic (exact) mass is 299 g/mol. The molecule has 1 fully saturated rings. The summed E-state index contributed by atoms with van der Waals surface area (Å²) < 4.78 is 0. The van der Waals surface area contributed by atoms with Crippen LogP contribution in [0.1, 0.15) is 40.0 Å². The molecule has 0 radical (unpaired) electrons. The van der Waals surface area contributed by atoms with E-state index in [4.69, 9.17) is 5.11 Å². The number of carboxylic acids is 1. The lowest BCUT2D eigenvalue weighted by atomic mass is 9.87. The van der Waals surface area contributed by atoms with Crippen LogP contribution in [-0.2, 0) is 9.59 Å². The second-order valence-electron chi connectivity index (χ2n) is 6.41. The Morgan fingerprint density at radius 2 is 1.71 bits per heavy atom. The van der Waals surface area contributed by atoms with Crippen LogP contribution in [0.3, 0.4) is 0 Å². The molecule has 1 aliphatic heterocycles. The maximum atomic E-state index is 11.9. The zero-order valence-corrected chi connectivity index (χ0v) is 12.9. The molecule has 0 spiro atoms. The summed E-state index contributed by atoms with van der Waals surface area (Å²) in [5.74, 6) is -1.23. The molecule has 0 saturated carbocycles. The highest BCUT2D eigenvalue weighted by Crippen LogP contribution is 2.19. The molecule has 0 aliphatic carbocycles. The van der Waals surface area contributed by atoms with E-state index < -0.39 is 23.5 Å². The van der Waals surface area contributed by atoms with Gasteiger partial charge >= 0.3 is 12.0 Å². The van der Waals surface area contributed by atoms with Gasteiger partial charge in [-0.05, 0) is 24.7 Å². The summed E-state index contributed by atoms with van der Waals surface area (Å²) >= 11 is 0. The zero-order valence-electron chi connectivity index (χ0n) is 12.9. The number of nitrogens with zero attached hydrogens (tertiary/aromatic N) is 1.